The summed E-state index contributed by atoms with van der Waals surface area (Å²) in [6, 6.07) is 6.42. The fraction of sp³-hybridized carbons (Fsp3) is 0.467. The number of nitrogens with one attached hydrogen (secondary N) is 2. The van der Waals surface area contributed by atoms with Crippen molar-refractivity contribution >= 4 is 11.9 Å². The van der Waals surface area contributed by atoms with Crippen molar-refractivity contribution in [2.75, 3.05) is 27.2 Å². The zero-order valence-electron chi connectivity index (χ0n) is 12.8. The highest BCUT2D eigenvalue weighted by Crippen LogP contribution is 2.06. The van der Waals surface area contributed by atoms with E-state index in [1.165, 1.54) is 12.1 Å². The molecule has 0 aliphatic rings. The van der Waals surface area contributed by atoms with Crippen molar-refractivity contribution < 1.29 is 9.18 Å². The molecule has 2 N–H and O–H groups in total. The summed E-state index contributed by atoms with van der Waals surface area (Å²) in [4.78, 5) is 17.5. The first-order chi connectivity index (χ1) is 10.1. The molecule has 0 fully saturated rings. The van der Waals surface area contributed by atoms with E-state index in [0.717, 1.165) is 12.0 Å². The first kappa shape index (κ1) is 16.9. The molecule has 0 atom stereocenters. The van der Waals surface area contributed by atoms with Crippen LogP contribution in [0.2, 0.25) is 0 Å². The highest BCUT2D eigenvalue weighted by atomic mass is 19.1. The lowest BCUT2D eigenvalue weighted by atomic mass is 10.2. The van der Waals surface area contributed by atoms with Crippen molar-refractivity contribution in [2.24, 2.45) is 4.99 Å². The monoisotopic (exact) mass is 294 g/mol. The first-order valence-electron chi connectivity index (χ1n) is 6.99. The van der Waals surface area contributed by atoms with Gasteiger partial charge in [-0.1, -0.05) is 19.1 Å². The number of carbonyl (C=O) groups excluding carboxylic acids is 1. The van der Waals surface area contributed by atoms with Crippen molar-refractivity contribution in [3.63, 3.8) is 0 Å². The number of nitrogens with zero attached hydrogens (tertiary/aromatic N) is 2. The number of guanidine groups is 1. The number of aliphatic imine (C=N–C) groups is 1. The highest BCUT2D eigenvalue weighted by molar-refractivity contribution is 5.86. The van der Waals surface area contributed by atoms with Crippen molar-refractivity contribution in [3.05, 3.63) is 35.6 Å². The second kappa shape index (κ2) is 8.94. The van der Waals surface area contributed by atoms with Crippen LogP contribution in [-0.4, -0.2) is 44.0 Å². The Morgan fingerprint density at radius 3 is 2.76 bits per heavy atom. The molecule has 0 bridgehead atoms. The Labute approximate surface area is 125 Å². The molecular formula is C15H23FN4O. The van der Waals surface area contributed by atoms with Gasteiger partial charge < -0.3 is 15.5 Å². The van der Waals surface area contributed by atoms with E-state index in [1.54, 1.807) is 13.1 Å². The fourth-order valence-electron chi connectivity index (χ4n) is 1.86. The van der Waals surface area contributed by atoms with Gasteiger partial charge in [0.2, 0.25) is 5.91 Å². The van der Waals surface area contributed by atoms with Gasteiger partial charge in [-0.05, 0) is 24.1 Å². The lowest BCUT2D eigenvalue weighted by Gasteiger charge is -2.22. The third kappa shape index (κ3) is 6.25. The predicted octanol–water partition coefficient (Wildman–Crippen LogP) is 1.36. The number of hydrogen-bond donors (Lipinski definition) is 2. The van der Waals surface area contributed by atoms with Crippen LogP contribution in [0, 0.1) is 5.82 Å². The Morgan fingerprint density at radius 1 is 1.38 bits per heavy atom. The molecule has 0 aliphatic heterocycles. The van der Waals surface area contributed by atoms with Crippen LogP contribution >= 0.6 is 0 Å². The van der Waals surface area contributed by atoms with Gasteiger partial charge >= 0.3 is 0 Å². The molecule has 1 rings (SSSR count). The summed E-state index contributed by atoms with van der Waals surface area (Å²) in [5.41, 5.74) is 0.843. The van der Waals surface area contributed by atoms with Crippen molar-refractivity contribution in [2.45, 2.75) is 19.9 Å². The number of benzene rings is 1. The van der Waals surface area contributed by atoms with E-state index in [2.05, 4.69) is 15.6 Å². The Kier molecular flexibility index (Phi) is 7.21. The van der Waals surface area contributed by atoms with Crippen molar-refractivity contribution in [3.8, 4) is 0 Å². The maximum Gasteiger partial charge on any atom is 0.239 e. The molecule has 21 heavy (non-hydrogen) atoms. The molecule has 0 saturated heterocycles. The molecule has 0 aromatic heterocycles. The smallest absolute Gasteiger partial charge is 0.239 e. The summed E-state index contributed by atoms with van der Waals surface area (Å²) < 4.78 is 13.2. The molecule has 0 unspecified atom stereocenters. The molecule has 1 aromatic carbocycles. The van der Waals surface area contributed by atoms with E-state index in [0.29, 0.717) is 19.0 Å². The Bertz CT molecular complexity index is 490. The summed E-state index contributed by atoms with van der Waals surface area (Å²) in [7, 11) is 3.48. The molecule has 0 heterocycles. The third-order valence-electron chi connectivity index (χ3n) is 2.86. The minimum atomic E-state index is -0.261. The van der Waals surface area contributed by atoms with Gasteiger partial charge in [0.1, 0.15) is 5.82 Å². The summed E-state index contributed by atoms with van der Waals surface area (Å²) in [6.07, 6.45) is 0.903. The second-order valence-electron chi connectivity index (χ2n) is 4.74. The van der Waals surface area contributed by atoms with Crippen LogP contribution in [0.15, 0.2) is 29.3 Å². The van der Waals surface area contributed by atoms with E-state index >= 15 is 0 Å². The summed E-state index contributed by atoms with van der Waals surface area (Å²) in [5.74, 6) is 0.255. The summed E-state index contributed by atoms with van der Waals surface area (Å²) in [5, 5.41) is 5.77. The summed E-state index contributed by atoms with van der Waals surface area (Å²) in [6.45, 7) is 3.34. The van der Waals surface area contributed by atoms with Gasteiger partial charge in [-0.2, -0.15) is 0 Å². The first-order valence-corrected chi connectivity index (χ1v) is 6.99. The highest BCUT2D eigenvalue weighted by Gasteiger charge is 2.08. The molecule has 0 aliphatic carbocycles. The largest absolute Gasteiger partial charge is 0.355 e. The average molecular weight is 294 g/mol. The molecule has 0 radical (unpaired) electrons. The average Bonchev–Trinajstić information content (AvgIpc) is 2.45. The summed E-state index contributed by atoms with van der Waals surface area (Å²) >= 11 is 0. The van der Waals surface area contributed by atoms with Crippen LogP contribution in [0.25, 0.3) is 0 Å². The molecule has 116 valence electrons. The topological polar surface area (TPSA) is 56.7 Å². The van der Waals surface area contributed by atoms with Crippen molar-refractivity contribution in [1.82, 2.24) is 15.5 Å². The number of amides is 1. The van der Waals surface area contributed by atoms with Crippen LogP contribution in [0.1, 0.15) is 18.9 Å². The molecule has 0 saturated carbocycles. The molecule has 1 amide bonds. The van der Waals surface area contributed by atoms with Crippen LogP contribution < -0.4 is 10.6 Å². The maximum atomic E-state index is 13.2. The molecular weight excluding hydrogens is 271 g/mol. The van der Waals surface area contributed by atoms with Crippen LogP contribution in [0.3, 0.4) is 0 Å². The van der Waals surface area contributed by atoms with E-state index in [4.69, 9.17) is 0 Å². The minimum absolute atomic E-state index is 0.0721. The zero-order valence-corrected chi connectivity index (χ0v) is 12.8. The van der Waals surface area contributed by atoms with E-state index in [1.807, 2.05) is 24.9 Å². The number of rotatable bonds is 6. The quantitative estimate of drug-likeness (QED) is 0.615. The Morgan fingerprint density at radius 2 is 2.14 bits per heavy atom. The predicted molar refractivity (Wildman–Crippen MR) is 82.5 cm³/mol. The van der Waals surface area contributed by atoms with E-state index < -0.39 is 0 Å². The maximum absolute atomic E-state index is 13.2. The minimum Gasteiger partial charge on any atom is -0.355 e. The lowest BCUT2D eigenvalue weighted by Crippen LogP contribution is -2.43. The number of halogens is 1. The standard InChI is InChI=1S/C15H23FN4O/c1-4-8-18-14(21)10-19-15(17-2)20(3)11-12-6-5-7-13(16)9-12/h5-7,9H,4,8,10-11H2,1-3H3,(H,17,19)(H,18,21). The normalized spacial score (nSPS) is 11.1. The van der Waals surface area contributed by atoms with Gasteiger partial charge in [-0.3, -0.25) is 9.79 Å². The Balaban J connectivity index is 2.50. The van der Waals surface area contributed by atoms with Gasteiger partial charge in [-0.25, -0.2) is 4.39 Å². The van der Waals surface area contributed by atoms with E-state index in [-0.39, 0.29) is 18.3 Å². The fourth-order valence-corrected chi connectivity index (χ4v) is 1.86. The van der Waals surface area contributed by atoms with Crippen LogP contribution in [0.5, 0.6) is 0 Å². The van der Waals surface area contributed by atoms with Gasteiger partial charge in [0.15, 0.2) is 5.96 Å². The van der Waals surface area contributed by atoms with Gasteiger partial charge in [0.05, 0.1) is 6.54 Å². The van der Waals surface area contributed by atoms with Crippen LogP contribution in [0.4, 0.5) is 4.39 Å². The lowest BCUT2D eigenvalue weighted by molar-refractivity contribution is -0.120. The van der Waals surface area contributed by atoms with Crippen molar-refractivity contribution in [1.29, 1.82) is 0 Å². The van der Waals surface area contributed by atoms with Crippen LogP contribution in [-0.2, 0) is 11.3 Å². The zero-order chi connectivity index (χ0) is 15.7. The number of carbonyl (C=O) groups is 1. The van der Waals surface area contributed by atoms with Gasteiger partial charge in [-0.15, -0.1) is 0 Å². The molecule has 6 heteroatoms. The molecule has 0 spiro atoms. The molecule has 5 nitrogen and oxygen atoms in total. The number of hydrogen-bond acceptors (Lipinski definition) is 2. The third-order valence-corrected chi connectivity index (χ3v) is 2.86. The van der Waals surface area contributed by atoms with E-state index in [9.17, 15) is 9.18 Å². The molecule has 1 aromatic rings. The van der Waals surface area contributed by atoms with Gasteiger partial charge in [0, 0.05) is 27.2 Å². The Hall–Kier alpha value is -2.11. The second-order valence-corrected chi connectivity index (χ2v) is 4.74. The van der Waals surface area contributed by atoms with Gasteiger partial charge in [0.25, 0.3) is 0 Å². The SMILES string of the molecule is CCCNC(=O)CNC(=NC)N(C)Cc1cccc(F)c1.